The number of rotatable bonds is 4. The van der Waals surface area contributed by atoms with Gasteiger partial charge in [-0.15, -0.1) is 11.6 Å². The normalized spacial score (nSPS) is 10.8. The van der Waals surface area contributed by atoms with Gasteiger partial charge in [-0.3, -0.25) is 4.98 Å². The van der Waals surface area contributed by atoms with Gasteiger partial charge in [-0.05, 0) is 35.9 Å². The highest BCUT2D eigenvalue weighted by molar-refractivity contribution is 6.32. The highest BCUT2D eigenvalue weighted by Crippen LogP contribution is 2.28. The number of hydrogen-bond donors (Lipinski definition) is 0. The van der Waals surface area contributed by atoms with Crippen molar-refractivity contribution in [2.75, 3.05) is 0 Å². The van der Waals surface area contributed by atoms with Crippen molar-refractivity contribution in [3.8, 4) is 5.75 Å². The number of nitrogens with zero attached hydrogens (tertiary/aromatic N) is 1. The highest BCUT2D eigenvalue weighted by atomic mass is 35.5. The number of ether oxygens (including phenoxy) is 1. The number of hydrogen-bond acceptors (Lipinski definition) is 2. The van der Waals surface area contributed by atoms with Crippen molar-refractivity contribution in [1.82, 2.24) is 4.98 Å². The van der Waals surface area contributed by atoms with Crippen LogP contribution >= 0.6 is 23.2 Å². The molecule has 0 spiro atoms. The van der Waals surface area contributed by atoms with Gasteiger partial charge in [0.15, 0.2) is 0 Å². The van der Waals surface area contributed by atoms with Gasteiger partial charge >= 0.3 is 0 Å². The summed E-state index contributed by atoms with van der Waals surface area (Å²) >= 11 is 12.0. The maximum absolute atomic E-state index is 6.12. The maximum Gasteiger partial charge on any atom is 0.125 e. The molecule has 0 N–H and O–H groups in total. The van der Waals surface area contributed by atoms with E-state index in [-0.39, 0.29) is 0 Å². The summed E-state index contributed by atoms with van der Waals surface area (Å²) in [6.45, 7) is 0.467. The molecule has 0 fully saturated rings. The Bertz CT molecular complexity index is 774. The van der Waals surface area contributed by atoms with Crippen molar-refractivity contribution >= 4 is 34.1 Å². The molecule has 3 aromatic rings. The van der Waals surface area contributed by atoms with Crippen LogP contribution in [0.3, 0.4) is 0 Å². The smallest absolute Gasteiger partial charge is 0.125 e. The van der Waals surface area contributed by atoms with Gasteiger partial charge in [0.05, 0.1) is 11.4 Å². The standard InChI is InChI=1S/C17H13Cl2NO/c18-10-14-15(19)4-1-5-17(14)21-11-12-6-7-16-13(9-12)3-2-8-20-16/h1-9H,10-11H2. The number of fused-ring (bicyclic) bond motifs is 1. The lowest BCUT2D eigenvalue weighted by atomic mass is 10.1. The molecule has 0 saturated carbocycles. The molecule has 0 bridgehead atoms. The Morgan fingerprint density at radius 3 is 2.81 bits per heavy atom. The molecule has 21 heavy (non-hydrogen) atoms. The van der Waals surface area contributed by atoms with E-state index in [0.29, 0.717) is 17.5 Å². The van der Waals surface area contributed by atoms with Gasteiger partial charge in [0.25, 0.3) is 0 Å². The van der Waals surface area contributed by atoms with Crippen molar-refractivity contribution in [1.29, 1.82) is 0 Å². The zero-order chi connectivity index (χ0) is 14.7. The molecule has 4 heteroatoms. The Balaban J connectivity index is 1.82. The lowest BCUT2D eigenvalue weighted by Crippen LogP contribution is -1.98. The van der Waals surface area contributed by atoms with Crippen molar-refractivity contribution in [3.63, 3.8) is 0 Å². The fourth-order valence-corrected chi connectivity index (χ4v) is 2.76. The molecule has 0 aliphatic heterocycles. The van der Waals surface area contributed by atoms with E-state index < -0.39 is 0 Å². The molecular weight excluding hydrogens is 305 g/mol. The highest BCUT2D eigenvalue weighted by Gasteiger charge is 2.07. The van der Waals surface area contributed by atoms with Crippen molar-refractivity contribution in [2.24, 2.45) is 0 Å². The lowest BCUT2D eigenvalue weighted by molar-refractivity contribution is 0.304. The summed E-state index contributed by atoms with van der Waals surface area (Å²) in [5.74, 6) is 1.06. The third-order valence-electron chi connectivity index (χ3n) is 3.27. The van der Waals surface area contributed by atoms with Gasteiger partial charge in [-0.2, -0.15) is 0 Å². The first-order valence-corrected chi connectivity index (χ1v) is 7.49. The third-order valence-corrected chi connectivity index (χ3v) is 3.89. The van der Waals surface area contributed by atoms with Crippen LogP contribution in [0.2, 0.25) is 5.02 Å². The summed E-state index contributed by atoms with van der Waals surface area (Å²) in [6.07, 6.45) is 1.79. The van der Waals surface area contributed by atoms with Gasteiger partial charge < -0.3 is 4.74 Å². The number of aromatic nitrogens is 1. The van der Waals surface area contributed by atoms with Gasteiger partial charge in [0, 0.05) is 22.2 Å². The van der Waals surface area contributed by atoms with E-state index in [1.807, 2.05) is 42.5 Å². The summed E-state index contributed by atoms with van der Waals surface area (Å²) in [4.78, 5) is 4.30. The van der Waals surface area contributed by atoms with E-state index >= 15 is 0 Å². The Labute approximate surface area is 133 Å². The summed E-state index contributed by atoms with van der Waals surface area (Å²) in [5, 5.41) is 1.73. The average molecular weight is 318 g/mol. The second-order valence-corrected chi connectivity index (χ2v) is 5.34. The summed E-state index contributed by atoms with van der Waals surface area (Å²) in [7, 11) is 0. The van der Waals surface area contributed by atoms with Crippen LogP contribution in [0.15, 0.2) is 54.7 Å². The molecule has 0 radical (unpaired) electrons. The molecule has 2 nitrogen and oxygen atoms in total. The number of halogens is 2. The van der Waals surface area contributed by atoms with Gasteiger partial charge in [0.1, 0.15) is 12.4 Å². The van der Waals surface area contributed by atoms with Crippen LogP contribution in [0.5, 0.6) is 5.75 Å². The first-order valence-electron chi connectivity index (χ1n) is 6.58. The zero-order valence-electron chi connectivity index (χ0n) is 11.2. The monoisotopic (exact) mass is 317 g/mol. The topological polar surface area (TPSA) is 22.1 Å². The van der Waals surface area contributed by atoms with Gasteiger partial charge in [-0.25, -0.2) is 0 Å². The minimum absolute atomic E-state index is 0.330. The predicted octanol–water partition coefficient (Wildman–Crippen LogP) is 5.21. The minimum atomic E-state index is 0.330. The predicted molar refractivity (Wildman–Crippen MR) is 87.1 cm³/mol. The largest absolute Gasteiger partial charge is 0.489 e. The summed E-state index contributed by atoms with van der Waals surface area (Å²) < 4.78 is 5.85. The van der Waals surface area contributed by atoms with E-state index in [1.54, 1.807) is 6.20 Å². The van der Waals surface area contributed by atoms with E-state index in [2.05, 4.69) is 11.1 Å². The van der Waals surface area contributed by atoms with E-state index in [1.165, 1.54) is 0 Å². The van der Waals surface area contributed by atoms with E-state index in [4.69, 9.17) is 27.9 Å². The first-order chi connectivity index (χ1) is 10.3. The van der Waals surface area contributed by atoms with E-state index in [0.717, 1.165) is 27.8 Å². The Morgan fingerprint density at radius 2 is 1.95 bits per heavy atom. The fraction of sp³-hybridized carbons (Fsp3) is 0.118. The van der Waals surface area contributed by atoms with Crippen LogP contribution < -0.4 is 4.74 Å². The number of benzene rings is 2. The van der Waals surface area contributed by atoms with Crippen molar-refractivity contribution in [2.45, 2.75) is 12.5 Å². The number of alkyl halides is 1. The van der Waals surface area contributed by atoms with Crippen LogP contribution in [-0.2, 0) is 12.5 Å². The summed E-state index contributed by atoms with van der Waals surface area (Å²) in [6, 6.07) is 15.6. The van der Waals surface area contributed by atoms with Crippen LogP contribution in [0.1, 0.15) is 11.1 Å². The SMILES string of the molecule is ClCc1c(Cl)cccc1OCc1ccc2ncccc2c1. The molecule has 2 aromatic carbocycles. The second-order valence-electron chi connectivity index (χ2n) is 4.67. The quantitative estimate of drug-likeness (QED) is 0.616. The lowest BCUT2D eigenvalue weighted by Gasteiger charge is -2.11. The molecule has 0 atom stereocenters. The Hall–Kier alpha value is -1.77. The molecule has 0 unspecified atom stereocenters. The molecule has 0 aliphatic carbocycles. The van der Waals surface area contributed by atoms with Crippen LogP contribution in [-0.4, -0.2) is 4.98 Å². The van der Waals surface area contributed by atoms with Crippen LogP contribution in [0.25, 0.3) is 10.9 Å². The van der Waals surface area contributed by atoms with Gasteiger partial charge in [-0.1, -0.05) is 29.8 Å². The second kappa shape index (κ2) is 6.33. The molecule has 3 rings (SSSR count). The Morgan fingerprint density at radius 1 is 1.05 bits per heavy atom. The zero-order valence-corrected chi connectivity index (χ0v) is 12.7. The fourth-order valence-electron chi connectivity index (χ4n) is 2.18. The summed E-state index contributed by atoms with van der Waals surface area (Å²) in [5.41, 5.74) is 2.88. The molecule has 0 amide bonds. The average Bonchev–Trinajstić information content (AvgIpc) is 2.52. The number of pyridine rings is 1. The van der Waals surface area contributed by atoms with Gasteiger partial charge in [0.2, 0.25) is 0 Å². The molecule has 1 heterocycles. The molecule has 0 aliphatic rings. The van der Waals surface area contributed by atoms with Crippen molar-refractivity contribution < 1.29 is 4.74 Å². The van der Waals surface area contributed by atoms with Crippen LogP contribution in [0, 0.1) is 0 Å². The van der Waals surface area contributed by atoms with Crippen LogP contribution in [0.4, 0.5) is 0 Å². The van der Waals surface area contributed by atoms with Crippen molar-refractivity contribution in [3.05, 3.63) is 70.9 Å². The van der Waals surface area contributed by atoms with E-state index in [9.17, 15) is 0 Å². The first kappa shape index (κ1) is 14.2. The molecule has 0 saturated heterocycles. The maximum atomic E-state index is 6.12. The molecular formula is C17H13Cl2NO. The molecule has 1 aromatic heterocycles. The third kappa shape index (κ3) is 3.12. The Kier molecular flexibility index (Phi) is 4.28. The minimum Gasteiger partial charge on any atom is -0.489 e. The molecule has 106 valence electrons.